The SMILES string of the molecule is O=C(O)OC(=O)C[C@H]1C=C(O)C(=O)O1. The van der Waals surface area contributed by atoms with Crippen molar-refractivity contribution < 1.29 is 34.1 Å². The Kier molecular flexibility index (Phi) is 2.70. The summed E-state index contributed by atoms with van der Waals surface area (Å²) in [4.78, 5) is 31.2. The summed E-state index contributed by atoms with van der Waals surface area (Å²) >= 11 is 0. The highest BCUT2D eigenvalue weighted by Gasteiger charge is 2.28. The molecular weight excluding hydrogens is 196 g/mol. The monoisotopic (exact) mass is 202 g/mol. The van der Waals surface area contributed by atoms with Gasteiger partial charge < -0.3 is 19.7 Å². The summed E-state index contributed by atoms with van der Waals surface area (Å²) in [6, 6.07) is 0. The van der Waals surface area contributed by atoms with Crippen molar-refractivity contribution in [2.75, 3.05) is 0 Å². The number of aliphatic hydroxyl groups is 1. The Hall–Kier alpha value is -2.05. The first-order valence-electron chi connectivity index (χ1n) is 3.54. The second-order valence-electron chi connectivity index (χ2n) is 2.44. The van der Waals surface area contributed by atoms with E-state index in [0.717, 1.165) is 6.08 Å². The summed E-state index contributed by atoms with van der Waals surface area (Å²) in [6.45, 7) is 0. The molecule has 0 aromatic rings. The van der Waals surface area contributed by atoms with Crippen LogP contribution in [0.1, 0.15) is 6.42 Å². The standard InChI is InChI=1S/C7H6O7/c8-4-1-3(13-6(4)10)2-5(9)14-7(11)12/h1,3,8H,2H2,(H,11,12)/t3-/m1/s1. The molecule has 1 aliphatic heterocycles. The van der Waals surface area contributed by atoms with Crippen LogP contribution in [0.3, 0.4) is 0 Å². The lowest BCUT2D eigenvalue weighted by Crippen LogP contribution is -2.18. The minimum absolute atomic E-state index is 0.442. The van der Waals surface area contributed by atoms with Crippen LogP contribution in [-0.4, -0.2) is 34.4 Å². The van der Waals surface area contributed by atoms with Gasteiger partial charge in [-0.25, -0.2) is 9.59 Å². The van der Waals surface area contributed by atoms with Crippen LogP contribution in [0.2, 0.25) is 0 Å². The molecule has 2 N–H and O–H groups in total. The minimum Gasteiger partial charge on any atom is -0.502 e. The lowest BCUT2D eigenvalue weighted by atomic mass is 10.2. The molecule has 0 aromatic heterocycles. The van der Waals surface area contributed by atoms with Crippen molar-refractivity contribution in [1.82, 2.24) is 0 Å². The largest absolute Gasteiger partial charge is 0.513 e. The van der Waals surface area contributed by atoms with Crippen molar-refractivity contribution in [3.8, 4) is 0 Å². The molecule has 0 bridgehead atoms. The van der Waals surface area contributed by atoms with Gasteiger partial charge in [0.15, 0.2) is 0 Å². The van der Waals surface area contributed by atoms with Gasteiger partial charge in [-0.05, 0) is 0 Å². The molecule has 7 nitrogen and oxygen atoms in total. The molecule has 0 aromatic carbocycles. The molecule has 0 saturated carbocycles. The van der Waals surface area contributed by atoms with E-state index in [2.05, 4.69) is 9.47 Å². The Balaban J connectivity index is 2.44. The Bertz CT molecular complexity index is 316. The number of esters is 2. The molecule has 14 heavy (non-hydrogen) atoms. The predicted octanol–water partition coefficient (Wildman–Crippen LogP) is -0.0350. The number of hydrogen-bond acceptors (Lipinski definition) is 6. The zero-order valence-electron chi connectivity index (χ0n) is 6.80. The van der Waals surface area contributed by atoms with Gasteiger partial charge in [0.05, 0.1) is 6.42 Å². The summed E-state index contributed by atoms with van der Waals surface area (Å²) < 4.78 is 8.21. The first-order valence-corrected chi connectivity index (χ1v) is 3.54. The molecule has 7 heteroatoms. The molecule has 0 spiro atoms. The second kappa shape index (κ2) is 3.77. The number of cyclic esters (lactones) is 1. The van der Waals surface area contributed by atoms with Gasteiger partial charge in [0.25, 0.3) is 0 Å². The van der Waals surface area contributed by atoms with Gasteiger partial charge >= 0.3 is 18.1 Å². The van der Waals surface area contributed by atoms with E-state index in [1.807, 2.05) is 0 Å². The second-order valence-corrected chi connectivity index (χ2v) is 2.44. The van der Waals surface area contributed by atoms with Gasteiger partial charge in [0, 0.05) is 6.08 Å². The average molecular weight is 202 g/mol. The number of aliphatic hydroxyl groups excluding tert-OH is 1. The smallest absolute Gasteiger partial charge is 0.502 e. The Morgan fingerprint density at radius 1 is 1.57 bits per heavy atom. The van der Waals surface area contributed by atoms with E-state index in [4.69, 9.17) is 10.2 Å². The zero-order valence-corrected chi connectivity index (χ0v) is 6.80. The summed E-state index contributed by atoms with van der Waals surface area (Å²) in [6.07, 6.45) is -2.13. The van der Waals surface area contributed by atoms with Crippen molar-refractivity contribution >= 4 is 18.1 Å². The van der Waals surface area contributed by atoms with E-state index in [1.54, 1.807) is 0 Å². The quantitative estimate of drug-likeness (QED) is 0.477. The molecule has 0 unspecified atom stereocenters. The molecule has 0 fully saturated rings. The fourth-order valence-corrected chi connectivity index (χ4v) is 0.880. The number of rotatable bonds is 2. The van der Waals surface area contributed by atoms with Gasteiger partial charge in [-0.1, -0.05) is 0 Å². The summed E-state index contributed by atoms with van der Waals surface area (Å²) in [5, 5.41) is 16.8. The maximum absolute atomic E-state index is 10.7. The Morgan fingerprint density at radius 3 is 2.64 bits per heavy atom. The molecule has 0 aliphatic carbocycles. The van der Waals surface area contributed by atoms with Crippen molar-refractivity contribution in [3.63, 3.8) is 0 Å². The van der Waals surface area contributed by atoms with E-state index >= 15 is 0 Å². The molecular formula is C7H6O7. The van der Waals surface area contributed by atoms with Crippen LogP contribution in [0.15, 0.2) is 11.8 Å². The molecule has 0 amide bonds. The number of ether oxygens (including phenoxy) is 2. The van der Waals surface area contributed by atoms with Gasteiger partial charge in [-0.3, -0.25) is 4.79 Å². The highest BCUT2D eigenvalue weighted by Crippen LogP contribution is 2.14. The van der Waals surface area contributed by atoms with E-state index in [-0.39, 0.29) is 0 Å². The number of carboxylic acid groups (broad SMARTS) is 1. The third-order valence-electron chi connectivity index (χ3n) is 1.38. The first kappa shape index (κ1) is 10.0. The van der Waals surface area contributed by atoms with Gasteiger partial charge in [0.1, 0.15) is 6.10 Å². The van der Waals surface area contributed by atoms with E-state index in [0.29, 0.717) is 0 Å². The van der Waals surface area contributed by atoms with Crippen molar-refractivity contribution in [2.45, 2.75) is 12.5 Å². The Morgan fingerprint density at radius 2 is 2.21 bits per heavy atom. The molecule has 1 heterocycles. The van der Waals surface area contributed by atoms with Crippen molar-refractivity contribution in [3.05, 3.63) is 11.8 Å². The summed E-state index contributed by atoms with van der Waals surface area (Å²) in [5.74, 6) is -2.60. The first-order chi connectivity index (χ1) is 6.49. The molecule has 1 atom stereocenters. The maximum atomic E-state index is 10.7. The van der Waals surface area contributed by atoms with E-state index in [1.165, 1.54) is 0 Å². The molecule has 1 rings (SSSR count). The molecule has 0 radical (unpaired) electrons. The van der Waals surface area contributed by atoms with Crippen LogP contribution < -0.4 is 0 Å². The van der Waals surface area contributed by atoms with Crippen LogP contribution in [0.5, 0.6) is 0 Å². The van der Waals surface area contributed by atoms with Crippen LogP contribution in [0.25, 0.3) is 0 Å². The minimum atomic E-state index is -1.73. The van der Waals surface area contributed by atoms with Crippen LogP contribution in [-0.2, 0) is 19.1 Å². The number of carbonyl (C=O) groups is 3. The van der Waals surface area contributed by atoms with Crippen LogP contribution >= 0.6 is 0 Å². The van der Waals surface area contributed by atoms with Crippen molar-refractivity contribution in [2.24, 2.45) is 0 Å². The zero-order chi connectivity index (χ0) is 10.7. The van der Waals surface area contributed by atoms with E-state index < -0.39 is 36.4 Å². The normalized spacial score (nSPS) is 19.9. The Labute approximate surface area is 77.5 Å². The molecule has 0 saturated heterocycles. The van der Waals surface area contributed by atoms with Gasteiger partial charge in [-0.2, -0.15) is 0 Å². The number of hydrogen-bond donors (Lipinski definition) is 2. The van der Waals surface area contributed by atoms with Crippen LogP contribution in [0.4, 0.5) is 4.79 Å². The lowest BCUT2D eigenvalue weighted by molar-refractivity contribution is -0.146. The van der Waals surface area contributed by atoms with Crippen molar-refractivity contribution in [1.29, 1.82) is 0 Å². The topological polar surface area (TPSA) is 110 Å². The third kappa shape index (κ3) is 2.47. The number of carbonyl (C=O) groups excluding carboxylic acids is 2. The van der Waals surface area contributed by atoms with Crippen LogP contribution in [0, 0.1) is 0 Å². The third-order valence-corrected chi connectivity index (χ3v) is 1.38. The highest BCUT2D eigenvalue weighted by atomic mass is 16.7. The fourth-order valence-electron chi connectivity index (χ4n) is 0.880. The molecule has 76 valence electrons. The van der Waals surface area contributed by atoms with Gasteiger partial charge in [-0.15, -0.1) is 0 Å². The average Bonchev–Trinajstić information content (AvgIpc) is 2.28. The molecule has 1 aliphatic rings. The summed E-state index contributed by atoms with van der Waals surface area (Å²) in [7, 11) is 0. The fraction of sp³-hybridized carbons (Fsp3) is 0.286. The predicted molar refractivity (Wildman–Crippen MR) is 39.3 cm³/mol. The lowest BCUT2D eigenvalue weighted by Gasteiger charge is -2.04. The van der Waals surface area contributed by atoms with Gasteiger partial charge in [0.2, 0.25) is 5.76 Å². The highest BCUT2D eigenvalue weighted by molar-refractivity contribution is 5.89. The maximum Gasteiger partial charge on any atom is 0.513 e. The summed E-state index contributed by atoms with van der Waals surface area (Å²) in [5.41, 5.74) is 0. The van der Waals surface area contributed by atoms with E-state index in [9.17, 15) is 14.4 Å².